The van der Waals surface area contributed by atoms with E-state index in [4.69, 9.17) is 4.74 Å². The highest BCUT2D eigenvalue weighted by Gasteiger charge is 2.31. The zero-order chi connectivity index (χ0) is 22.6. The highest BCUT2D eigenvalue weighted by atomic mass is 16.5. The minimum atomic E-state index is 0.297. The standard InChI is InChI=1S/C30H47NO/c1-3-5-6-8-25-15-19-30(20-16-25)32-23-27-11-9-26(10-12-27)21-29(22-31)28-17-13-24(7-4-2)14-18-28/h15-16,19-20,24,26-29H,3-14,17-18,21,23H2,1-2H3. The van der Waals surface area contributed by atoms with Crippen molar-refractivity contribution >= 4 is 0 Å². The summed E-state index contributed by atoms with van der Waals surface area (Å²) in [5.74, 6) is 4.36. The number of hydrogen-bond donors (Lipinski definition) is 0. The van der Waals surface area contributed by atoms with Gasteiger partial charge in [-0.3, -0.25) is 0 Å². The van der Waals surface area contributed by atoms with E-state index >= 15 is 0 Å². The fourth-order valence-electron chi connectivity index (χ4n) is 6.18. The van der Waals surface area contributed by atoms with Crippen molar-refractivity contribution in [2.24, 2.45) is 29.6 Å². The fraction of sp³-hybridized carbons (Fsp3) is 0.767. The molecule has 3 rings (SSSR count). The zero-order valence-electron chi connectivity index (χ0n) is 20.9. The van der Waals surface area contributed by atoms with Gasteiger partial charge in [0, 0.05) is 5.92 Å². The van der Waals surface area contributed by atoms with Gasteiger partial charge in [-0.25, -0.2) is 0 Å². The van der Waals surface area contributed by atoms with Crippen molar-refractivity contribution in [3.8, 4) is 11.8 Å². The molecule has 0 spiro atoms. The van der Waals surface area contributed by atoms with Gasteiger partial charge in [-0.1, -0.05) is 77.3 Å². The number of aryl methyl sites for hydroxylation is 1. The normalized spacial score (nSPS) is 26.9. The molecular formula is C30H47NO. The van der Waals surface area contributed by atoms with Gasteiger partial charge < -0.3 is 4.74 Å². The molecule has 0 heterocycles. The van der Waals surface area contributed by atoms with E-state index in [0.29, 0.717) is 17.8 Å². The second-order valence-electron chi connectivity index (χ2n) is 10.8. The van der Waals surface area contributed by atoms with Crippen molar-refractivity contribution < 1.29 is 4.74 Å². The monoisotopic (exact) mass is 437 g/mol. The molecule has 0 amide bonds. The second-order valence-corrected chi connectivity index (χ2v) is 10.8. The molecule has 1 atom stereocenters. The Morgan fingerprint density at radius 1 is 0.844 bits per heavy atom. The average Bonchev–Trinajstić information content (AvgIpc) is 2.84. The first-order valence-corrected chi connectivity index (χ1v) is 13.8. The van der Waals surface area contributed by atoms with Gasteiger partial charge in [0.15, 0.2) is 0 Å². The van der Waals surface area contributed by atoms with Crippen LogP contribution in [0, 0.1) is 40.9 Å². The first-order valence-electron chi connectivity index (χ1n) is 13.8. The van der Waals surface area contributed by atoms with Crippen LogP contribution in [0.2, 0.25) is 0 Å². The first-order chi connectivity index (χ1) is 15.7. The van der Waals surface area contributed by atoms with Crippen LogP contribution >= 0.6 is 0 Å². The van der Waals surface area contributed by atoms with Crippen LogP contribution < -0.4 is 4.74 Å². The van der Waals surface area contributed by atoms with Crippen molar-refractivity contribution in [2.45, 2.75) is 110 Å². The molecular weight excluding hydrogens is 390 g/mol. The van der Waals surface area contributed by atoms with Gasteiger partial charge >= 0.3 is 0 Å². The summed E-state index contributed by atoms with van der Waals surface area (Å²) in [7, 11) is 0. The number of benzene rings is 1. The van der Waals surface area contributed by atoms with Crippen molar-refractivity contribution in [1.29, 1.82) is 5.26 Å². The maximum absolute atomic E-state index is 9.85. The molecule has 2 heteroatoms. The van der Waals surface area contributed by atoms with Crippen LogP contribution in [-0.2, 0) is 6.42 Å². The molecule has 32 heavy (non-hydrogen) atoms. The van der Waals surface area contributed by atoms with Gasteiger partial charge in [0.2, 0.25) is 0 Å². The lowest BCUT2D eigenvalue weighted by Crippen LogP contribution is -2.25. The summed E-state index contributed by atoms with van der Waals surface area (Å²) in [6.07, 6.45) is 19.3. The lowest BCUT2D eigenvalue weighted by Gasteiger charge is -2.34. The van der Waals surface area contributed by atoms with E-state index in [9.17, 15) is 5.26 Å². The number of hydrogen-bond acceptors (Lipinski definition) is 2. The predicted molar refractivity (Wildman–Crippen MR) is 135 cm³/mol. The van der Waals surface area contributed by atoms with E-state index < -0.39 is 0 Å². The Bertz CT molecular complexity index is 659. The molecule has 1 unspecified atom stereocenters. The number of rotatable bonds is 12. The van der Waals surface area contributed by atoms with Crippen LogP contribution in [0.3, 0.4) is 0 Å². The van der Waals surface area contributed by atoms with Crippen LogP contribution in [0.5, 0.6) is 5.75 Å². The van der Waals surface area contributed by atoms with E-state index in [0.717, 1.165) is 30.6 Å². The molecule has 0 saturated heterocycles. The van der Waals surface area contributed by atoms with Crippen molar-refractivity contribution in [1.82, 2.24) is 0 Å². The van der Waals surface area contributed by atoms with E-state index in [1.165, 1.54) is 95.5 Å². The lowest BCUT2D eigenvalue weighted by molar-refractivity contribution is 0.154. The molecule has 178 valence electrons. The van der Waals surface area contributed by atoms with Gasteiger partial charge in [-0.2, -0.15) is 5.26 Å². The average molecular weight is 438 g/mol. The van der Waals surface area contributed by atoms with Crippen LogP contribution in [0.1, 0.15) is 109 Å². The Kier molecular flexibility index (Phi) is 10.9. The Morgan fingerprint density at radius 3 is 2.12 bits per heavy atom. The maximum atomic E-state index is 9.85. The van der Waals surface area contributed by atoms with Gasteiger partial charge in [-0.15, -0.1) is 0 Å². The van der Waals surface area contributed by atoms with Gasteiger partial charge in [0.25, 0.3) is 0 Å². The third-order valence-corrected chi connectivity index (χ3v) is 8.35. The van der Waals surface area contributed by atoms with Crippen molar-refractivity contribution in [2.75, 3.05) is 6.61 Å². The summed E-state index contributed by atoms with van der Waals surface area (Å²) >= 11 is 0. The highest BCUT2D eigenvalue weighted by Crippen LogP contribution is 2.40. The Labute approximate surface area is 198 Å². The second kappa shape index (κ2) is 13.9. The summed E-state index contributed by atoms with van der Waals surface area (Å²) in [6.45, 7) is 5.41. The van der Waals surface area contributed by atoms with Crippen LogP contribution in [0.25, 0.3) is 0 Å². The number of nitriles is 1. The molecule has 0 radical (unpaired) electrons. The maximum Gasteiger partial charge on any atom is 0.119 e. The highest BCUT2D eigenvalue weighted by molar-refractivity contribution is 5.27. The summed E-state index contributed by atoms with van der Waals surface area (Å²) in [5.41, 5.74) is 1.43. The van der Waals surface area contributed by atoms with Crippen molar-refractivity contribution in [3.63, 3.8) is 0 Å². The zero-order valence-corrected chi connectivity index (χ0v) is 20.9. The van der Waals surface area contributed by atoms with Gasteiger partial charge in [0.05, 0.1) is 12.7 Å². The number of ether oxygens (including phenoxy) is 1. The summed E-state index contributed by atoms with van der Waals surface area (Å²) < 4.78 is 6.14. The molecule has 0 bridgehead atoms. The number of nitrogens with zero attached hydrogens (tertiary/aromatic N) is 1. The number of unbranched alkanes of at least 4 members (excludes halogenated alkanes) is 2. The minimum absolute atomic E-state index is 0.297. The molecule has 2 aliphatic carbocycles. The molecule has 1 aromatic rings. The molecule has 0 aliphatic heterocycles. The van der Waals surface area contributed by atoms with E-state index in [2.05, 4.69) is 44.2 Å². The summed E-state index contributed by atoms with van der Waals surface area (Å²) in [5, 5.41) is 9.85. The quantitative estimate of drug-likeness (QED) is 0.306. The SMILES string of the molecule is CCCCCc1ccc(OCC2CCC(CC(C#N)C3CCC(CCC)CC3)CC2)cc1. The van der Waals surface area contributed by atoms with Crippen LogP contribution in [0.4, 0.5) is 0 Å². The Hall–Kier alpha value is -1.49. The smallest absolute Gasteiger partial charge is 0.119 e. The molecule has 2 fully saturated rings. The largest absolute Gasteiger partial charge is 0.493 e. The van der Waals surface area contributed by atoms with Gasteiger partial charge in [-0.05, 0) is 86.3 Å². The predicted octanol–water partition coefficient (Wildman–Crippen LogP) is 8.74. The molecule has 1 aromatic carbocycles. The molecule has 2 saturated carbocycles. The third kappa shape index (κ3) is 8.13. The summed E-state index contributed by atoms with van der Waals surface area (Å²) in [4.78, 5) is 0. The Morgan fingerprint density at radius 2 is 1.50 bits per heavy atom. The lowest BCUT2D eigenvalue weighted by atomic mass is 9.70. The van der Waals surface area contributed by atoms with Gasteiger partial charge in [0.1, 0.15) is 5.75 Å². The molecule has 2 nitrogen and oxygen atoms in total. The molecule has 0 aromatic heterocycles. The van der Waals surface area contributed by atoms with E-state index in [-0.39, 0.29) is 0 Å². The first kappa shape index (κ1) is 25.1. The fourth-order valence-corrected chi connectivity index (χ4v) is 6.18. The van der Waals surface area contributed by atoms with E-state index in [1.54, 1.807) is 0 Å². The summed E-state index contributed by atoms with van der Waals surface area (Å²) in [6, 6.07) is 11.5. The minimum Gasteiger partial charge on any atom is -0.493 e. The van der Waals surface area contributed by atoms with Crippen molar-refractivity contribution in [3.05, 3.63) is 29.8 Å². The molecule has 0 N–H and O–H groups in total. The topological polar surface area (TPSA) is 33.0 Å². The van der Waals surface area contributed by atoms with Crippen LogP contribution in [0.15, 0.2) is 24.3 Å². The van der Waals surface area contributed by atoms with Crippen LogP contribution in [-0.4, -0.2) is 6.61 Å². The molecule has 2 aliphatic rings. The third-order valence-electron chi connectivity index (χ3n) is 8.35. The van der Waals surface area contributed by atoms with E-state index in [1.807, 2.05) is 0 Å². The Balaban J connectivity index is 1.33.